The zero-order valence-electron chi connectivity index (χ0n) is 9.74. The minimum atomic E-state index is -2.49. The highest BCUT2D eigenvalue weighted by Crippen LogP contribution is 2.26. The molecule has 0 spiro atoms. The van der Waals surface area contributed by atoms with Crippen molar-refractivity contribution < 1.29 is 9.47 Å². The Kier molecular flexibility index (Phi) is 12.0. The highest BCUT2D eigenvalue weighted by molar-refractivity contribution is 7.65. The van der Waals surface area contributed by atoms with Crippen molar-refractivity contribution in [2.75, 3.05) is 26.4 Å². The van der Waals surface area contributed by atoms with E-state index in [1.165, 1.54) is 0 Å². The maximum absolute atomic E-state index is 5.73. The van der Waals surface area contributed by atoms with Crippen molar-refractivity contribution >= 4 is 78.5 Å². The van der Waals surface area contributed by atoms with Crippen molar-refractivity contribution in [1.29, 1.82) is 0 Å². The van der Waals surface area contributed by atoms with E-state index in [1.54, 1.807) is 0 Å². The Morgan fingerprint density at radius 3 is 1.17 bits per heavy atom. The summed E-state index contributed by atoms with van der Waals surface area (Å²) in [6, 6.07) is -3.74. The van der Waals surface area contributed by atoms with Crippen molar-refractivity contribution in [3.05, 3.63) is 0 Å². The topological polar surface area (TPSA) is 18.5 Å². The fraction of sp³-hybridized carbons (Fsp3) is 1.00. The summed E-state index contributed by atoms with van der Waals surface area (Å²) >= 11 is 34.4. The van der Waals surface area contributed by atoms with Crippen LogP contribution < -0.4 is 0 Å². The molecule has 18 heavy (non-hydrogen) atoms. The molecule has 0 radical (unpaired) electrons. The first kappa shape index (κ1) is 20.1. The van der Waals surface area contributed by atoms with Gasteiger partial charge < -0.3 is 9.47 Å². The van der Waals surface area contributed by atoms with Crippen LogP contribution in [-0.4, -0.2) is 38.4 Å². The molecule has 0 atom stereocenters. The van der Waals surface area contributed by atoms with E-state index in [1.807, 2.05) is 0 Å². The lowest BCUT2D eigenvalue weighted by atomic mass is 10.5. The molecule has 0 bridgehead atoms. The summed E-state index contributed by atoms with van der Waals surface area (Å²) in [6.07, 6.45) is 1.53. The Morgan fingerprint density at radius 1 is 0.556 bits per heavy atom. The molecule has 110 valence electrons. The number of rotatable bonds is 11. The molecular weight excluding hydrogens is 397 g/mol. The van der Waals surface area contributed by atoms with Crippen LogP contribution in [0.15, 0.2) is 0 Å². The van der Waals surface area contributed by atoms with Crippen LogP contribution in [0.1, 0.15) is 12.8 Å². The molecule has 0 saturated carbocycles. The normalized spacial score (nSPS) is 13.0. The Labute approximate surface area is 138 Å². The van der Waals surface area contributed by atoms with Gasteiger partial charge in [-0.05, 0) is 24.9 Å². The minimum Gasteiger partial charge on any atom is -0.379 e. The van der Waals surface area contributed by atoms with Crippen LogP contribution >= 0.6 is 66.5 Å². The van der Waals surface area contributed by atoms with Crippen LogP contribution in [0, 0.1) is 0 Å². The van der Waals surface area contributed by atoms with Gasteiger partial charge in [0.2, 0.25) is 0 Å². The molecule has 0 aliphatic heterocycles. The molecule has 0 N–H and O–H groups in total. The van der Waals surface area contributed by atoms with Gasteiger partial charge in [-0.3, -0.25) is 0 Å². The van der Waals surface area contributed by atoms with Gasteiger partial charge >= 0.3 is 12.0 Å². The van der Waals surface area contributed by atoms with E-state index < -0.39 is 12.0 Å². The second-order valence-corrected chi connectivity index (χ2v) is 22.2. The molecule has 0 aromatic rings. The van der Waals surface area contributed by atoms with Crippen LogP contribution in [-0.2, 0) is 9.47 Å². The lowest BCUT2D eigenvalue weighted by Crippen LogP contribution is -2.12. The molecule has 0 aromatic carbocycles. The molecule has 0 heterocycles. The first-order chi connectivity index (χ1) is 8.21. The second-order valence-electron chi connectivity index (χ2n) is 3.66. The first-order valence-corrected chi connectivity index (χ1v) is 16.0. The molecule has 0 amide bonds. The first-order valence-electron chi connectivity index (χ1n) is 5.50. The van der Waals surface area contributed by atoms with Crippen LogP contribution in [0.3, 0.4) is 0 Å². The van der Waals surface area contributed by atoms with Crippen LogP contribution in [0.25, 0.3) is 0 Å². The monoisotopic (exact) mass is 410 g/mol. The summed E-state index contributed by atoms with van der Waals surface area (Å²) < 4.78 is 10.7. The standard InChI is InChI=1S/C8H16Cl6O2Si2/c9-17(10,11)7-1-3-15-5-6-16-4-2-8-18(12,13)14/h1-8H2. The third kappa shape index (κ3) is 18.1. The summed E-state index contributed by atoms with van der Waals surface area (Å²) in [5.74, 6) is 0. The van der Waals surface area contributed by atoms with Gasteiger partial charge in [-0.25, -0.2) is 0 Å². The number of ether oxygens (including phenoxy) is 2. The van der Waals surface area contributed by atoms with Crippen LogP contribution in [0.4, 0.5) is 0 Å². The van der Waals surface area contributed by atoms with Crippen molar-refractivity contribution in [2.24, 2.45) is 0 Å². The molecule has 0 aliphatic rings. The maximum atomic E-state index is 5.73. The van der Waals surface area contributed by atoms with Crippen molar-refractivity contribution in [3.8, 4) is 0 Å². The molecular formula is C8H16Cl6O2Si2. The number of hydrogen-bond acceptors (Lipinski definition) is 2. The SMILES string of the molecule is Cl[Si](Cl)(Cl)CCCOCCOCCC[Si](Cl)(Cl)Cl. The average Bonchev–Trinajstić information content (AvgIpc) is 2.17. The van der Waals surface area contributed by atoms with E-state index in [4.69, 9.17) is 75.9 Å². The molecule has 10 heteroatoms. The maximum Gasteiger partial charge on any atom is 0.341 e. The lowest BCUT2D eigenvalue weighted by Gasteiger charge is -2.09. The smallest absolute Gasteiger partial charge is 0.341 e. The molecule has 2 nitrogen and oxygen atoms in total. The van der Waals surface area contributed by atoms with Crippen molar-refractivity contribution in [3.63, 3.8) is 0 Å². The van der Waals surface area contributed by atoms with Gasteiger partial charge in [0, 0.05) is 13.2 Å². The van der Waals surface area contributed by atoms with E-state index in [-0.39, 0.29) is 0 Å². The molecule has 0 rings (SSSR count). The minimum absolute atomic E-state index is 0.534. The summed E-state index contributed by atoms with van der Waals surface area (Å²) in [5.41, 5.74) is 0. The summed E-state index contributed by atoms with van der Waals surface area (Å²) in [5, 5.41) is 0. The molecule has 0 aliphatic carbocycles. The molecule has 0 unspecified atom stereocenters. The predicted octanol–water partition coefficient (Wildman–Crippen LogP) is 5.11. The van der Waals surface area contributed by atoms with Crippen LogP contribution in [0.2, 0.25) is 12.1 Å². The third-order valence-electron chi connectivity index (χ3n) is 1.87. The van der Waals surface area contributed by atoms with Gasteiger partial charge in [0.25, 0.3) is 0 Å². The van der Waals surface area contributed by atoms with E-state index >= 15 is 0 Å². The van der Waals surface area contributed by atoms with Gasteiger partial charge in [-0.15, -0.1) is 66.5 Å². The van der Waals surface area contributed by atoms with Crippen LogP contribution in [0.5, 0.6) is 0 Å². The fourth-order valence-electron chi connectivity index (χ4n) is 1.07. The number of hydrogen-bond donors (Lipinski definition) is 0. The van der Waals surface area contributed by atoms with E-state index in [0.717, 1.165) is 12.8 Å². The highest BCUT2D eigenvalue weighted by Gasteiger charge is 2.24. The van der Waals surface area contributed by atoms with E-state index in [2.05, 4.69) is 0 Å². The van der Waals surface area contributed by atoms with Gasteiger partial charge in [0.1, 0.15) is 0 Å². The zero-order valence-corrected chi connectivity index (χ0v) is 16.3. The highest BCUT2D eigenvalue weighted by atomic mass is 35.8. The number of halogens is 6. The Bertz CT molecular complexity index is 187. The predicted molar refractivity (Wildman–Crippen MR) is 87.1 cm³/mol. The van der Waals surface area contributed by atoms with Gasteiger partial charge in [-0.1, -0.05) is 0 Å². The molecule has 0 fully saturated rings. The molecule has 0 saturated heterocycles. The van der Waals surface area contributed by atoms with Gasteiger partial charge in [-0.2, -0.15) is 0 Å². The summed E-state index contributed by atoms with van der Waals surface area (Å²) in [7, 11) is 0. The fourth-order valence-corrected chi connectivity index (χ4v) is 4.57. The summed E-state index contributed by atoms with van der Waals surface area (Å²) in [4.78, 5) is 0. The Balaban J connectivity index is 3.13. The van der Waals surface area contributed by atoms with E-state index in [0.29, 0.717) is 38.5 Å². The van der Waals surface area contributed by atoms with Gasteiger partial charge in [0.05, 0.1) is 13.2 Å². The van der Waals surface area contributed by atoms with Crippen molar-refractivity contribution in [1.82, 2.24) is 0 Å². The Morgan fingerprint density at radius 2 is 0.889 bits per heavy atom. The lowest BCUT2D eigenvalue weighted by molar-refractivity contribution is 0.0482. The second kappa shape index (κ2) is 10.8. The quantitative estimate of drug-likeness (QED) is 0.266. The molecule has 0 aromatic heterocycles. The van der Waals surface area contributed by atoms with Gasteiger partial charge in [0.15, 0.2) is 0 Å². The third-order valence-corrected chi connectivity index (χ3v) is 7.11. The van der Waals surface area contributed by atoms with E-state index in [9.17, 15) is 0 Å². The largest absolute Gasteiger partial charge is 0.379 e. The summed E-state index contributed by atoms with van der Waals surface area (Å²) in [6.45, 7) is 2.25. The average molecular weight is 413 g/mol. The Hall–Kier alpha value is 2.09. The van der Waals surface area contributed by atoms with Crippen molar-refractivity contribution in [2.45, 2.75) is 24.9 Å². The zero-order chi connectivity index (χ0) is 14.1.